The van der Waals surface area contributed by atoms with Gasteiger partial charge in [-0.2, -0.15) is 0 Å². The van der Waals surface area contributed by atoms with Crippen LogP contribution in [0.5, 0.6) is 0 Å². The van der Waals surface area contributed by atoms with Crippen molar-refractivity contribution in [2.45, 2.75) is 32.3 Å². The summed E-state index contributed by atoms with van der Waals surface area (Å²) in [6, 6.07) is 5.16. The quantitative estimate of drug-likeness (QED) is 0.786. The monoisotopic (exact) mass is 274 g/mol. The number of methoxy groups -OCH3 is 1. The maximum absolute atomic E-state index is 11.7. The summed E-state index contributed by atoms with van der Waals surface area (Å²) < 4.78 is 5.09. The van der Waals surface area contributed by atoms with Crippen molar-refractivity contribution in [1.29, 1.82) is 0 Å². The Morgan fingerprint density at radius 1 is 1.41 bits per heavy atom. The lowest BCUT2D eigenvalue weighted by molar-refractivity contribution is -0.119. The smallest absolute Gasteiger partial charge is 0.137 e. The number of ether oxygens (including phenoxy) is 1. The molecular weight excluding hydrogens is 259 g/mol. The molecule has 0 bridgehead atoms. The minimum atomic E-state index is 0.105. The van der Waals surface area contributed by atoms with Gasteiger partial charge in [0.05, 0.1) is 6.10 Å². The lowest BCUT2D eigenvalue weighted by Crippen LogP contribution is -2.10. The predicted molar refractivity (Wildman–Crippen MR) is 70.9 cm³/mol. The Kier molecular flexibility index (Phi) is 5.96. The fraction of sp³-hybridized carbons (Fsp3) is 0.462. The van der Waals surface area contributed by atoms with Crippen LogP contribution in [0.2, 0.25) is 10.0 Å². The van der Waals surface area contributed by atoms with Crippen molar-refractivity contribution in [3.8, 4) is 0 Å². The van der Waals surface area contributed by atoms with E-state index >= 15 is 0 Å². The summed E-state index contributed by atoms with van der Waals surface area (Å²) in [5.41, 5.74) is 0.786. The van der Waals surface area contributed by atoms with Gasteiger partial charge in [-0.15, -0.1) is 0 Å². The van der Waals surface area contributed by atoms with Crippen LogP contribution >= 0.6 is 23.2 Å². The van der Waals surface area contributed by atoms with Crippen molar-refractivity contribution >= 4 is 29.0 Å². The van der Waals surface area contributed by atoms with Crippen LogP contribution in [0, 0.1) is 0 Å². The SMILES string of the molecule is COC(C)CCC(=O)Cc1cc(Cl)ccc1Cl. The van der Waals surface area contributed by atoms with Crippen LogP contribution in [-0.2, 0) is 16.0 Å². The van der Waals surface area contributed by atoms with E-state index in [1.807, 2.05) is 6.92 Å². The van der Waals surface area contributed by atoms with Gasteiger partial charge in [0.2, 0.25) is 0 Å². The summed E-state index contributed by atoms with van der Waals surface area (Å²) in [4.78, 5) is 11.7. The number of hydrogen-bond acceptors (Lipinski definition) is 2. The number of benzene rings is 1. The van der Waals surface area contributed by atoms with Crippen molar-refractivity contribution in [2.75, 3.05) is 7.11 Å². The molecule has 0 aliphatic rings. The molecule has 1 atom stereocenters. The molecule has 0 radical (unpaired) electrons. The van der Waals surface area contributed by atoms with Gasteiger partial charge in [-0.05, 0) is 37.1 Å². The molecule has 0 amide bonds. The van der Waals surface area contributed by atoms with E-state index in [2.05, 4.69) is 0 Å². The zero-order valence-electron chi connectivity index (χ0n) is 10.0. The number of halogens is 2. The first-order chi connectivity index (χ1) is 8.02. The highest BCUT2D eigenvalue weighted by molar-refractivity contribution is 6.33. The number of hydrogen-bond donors (Lipinski definition) is 0. The van der Waals surface area contributed by atoms with Crippen molar-refractivity contribution in [3.05, 3.63) is 33.8 Å². The summed E-state index contributed by atoms with van der Waals surface area (Å²) in [6.45, 7) is 1.94. The van der Waals surface area contributed by atoms with E-state index < -0.39 is 0 Å². The van der Waals surface area contributed by atoms with Crippen LogP contribution in [0.4, 0.5) is 0 Å². The van der Waals surface area contributed by atoms with Gasteiger partial charge in [-0.3, -0.25) is 4.79 Å². The van der Waals surface area contributed by atoms with Gasteiger partial charge in [0, 0.05) is 30.0 Å². The first-order valence-electron chi connectivity index (χ1n) is 5.51. The molecule has 0 saturated heterocycles. The zero-order valence-corrected chi connectivity index (χ0v) is 11.5. The molecule has 0 heterocycles. The molecule has 0 aliphatic heterocycles. The Hall–Kier alpha value is -0.570. The molecule has 0 saturated carbocycles. The fourth-order valence-corrected chi connectivity index (χ4v) is 1.84. The lowest BCUT2D eigenvalue weighted by Gasteiger charge is -2.08. The van der Waals surface area contributed by atoms with Gasteiger partial charge in [0.15, 0.2) is 0 Å². The molecule has 17 heavy (non-hydrogen) atoms. The standard InChI is InChI=1S/C13H16Cl2O2/c1-9(17-2)3-5-12(16)8-10-7-11(14)4-6-13(10)15/h4,6-7,9H,3,5,8H2,1-2H3. The molecule has 0 aliphatic carbocycles. The average molecular weight is 275 g/mol. The van der Waals surface area contributed by atoms with Crippen LogP contribution < -0.4 is 0 Å². The minimum Gasteiger partial charge on any atom is -0.382 e. The molecule has 4 heteroatoms. The third kappa shape index (κ3) is 5.07. The Morgan fingerprint density at radius 2 is 2.12 bits per heavy atom. The molecule has 0 N–H and O–H groups in total. The molecule has 0 spiro atoms. The number of ketones is 1. The molecule has 94 valence electrons. The van der Waals surface area contributed by atoms with Crippen molar-refractivity contribution < 1.29 is 9.53 Å². The normalized spacial score (nSPS) is 12.5. The van der Waals surface area contributed by atoms with Gasteiger partial charge in [-0.25, -0.2) is 0 Å². The zero-order chi connectivity index (χ0) is 12.8. The topological polar surface area (TPSA) is 26.3 Å². The number of carbonyl (C=O) groups is 1. The molecular formula is C13H16Cl2O2. The first kappa shape index (κ1) is 14.5. The van der Waals surface area contributed by atoms with Gasteiger partial charge in [-0.1, -0.05) is 23.2 Å². The molecule has 0 fully saturated rings. The van der Waals surface area contributed by atoms with E-state index in [1.165, 1.54) is 0 Å². The lowest BCUT2D eigenvalue weighted by atomic mass is 10.0. The van der Waals surface area contributed by atoms with Gasteiger partial charge < -0.3 is 4.74 Å². The summed E-state index contributed by atoms with van der Waals surface area (Å²) in [6.07, 6.45) is 1.66. The maximum atomic E-state index is 11.7. The summed E-state index contributed by atoms with van der Waals surface area (Å²) in [5, 5.41) is 1.19. The Balaban J connectivity index is 2.53. The van der Waals surface area contributed by atoms with E-state index in [0.717, 1.165) is 12.0 Å². The van der Waals surface area contributed by atoms with Crippen molar-refractivity contribution in [1.82, 2.24) is 0 Å². The third-order valence-electron chi connectivity index (χ3n) is 2.63. The molecule has 1 rings (SSSR count). The van der Waals surface area contributed by atoms with E-state index in [9.17, 15) is 4.79 Å². The van der Waals surface area contributed by atoms with Gasteiger partial charge >= 0.3 is 0 Å². The van der Waals surface area contributed by atoms with Crippen molar-refractivity contribution in [3.63, 3.8) is 0 Å². The predicted octanol–water partition coefficient (Wildman–Crippen LogP) is 3.92. The fourth-order valence-electron chi connectivity index (χ4n) is 1.46. The second-order valence-corrected chi connectivity index (χ2v) is 4.88. The first-order valence-corrected chi connectivity index (χ1v) is 6.27. The van der Waals surface area contributed by atoms with E-state index in [-0.39, 0.29) is 11.9 Å². The van der Waals surface area contributed by atoms with Crippen LogP contribution in [-0.4, -0.2) is 19.0 Å². The highest BCUT2D eigenvalue weighted by atomic mass is 35.5. The van der Waals surface area contributed by atoms with Gasteiger partial charge in [0.1, 0.15) is 5.78 Å². The average Bonchev–Trinajstić information content (AvgIpc) is 2.30. The highest BCUT2D eigenvalue weighted by Gasteiger charge is 2.09. The summed E-state index contributed by atoms with van der Waals surface area (Å²) in [5.74, 6) is 0.151. The van der Waals surface area contributed by atoms with Gasteiger partial charge in [0.25, 0.3) is 0 Å². The van der Waals surface area contributed by atoms with E-state index in [0.29, 0.717) is 22.9 Å². The van der Waals surface area contributed by atoms with Crippen LogP contribution in [0.1, 0.15) is 25.3 Å². The summed E-state index contributed by atoms with van der Waals surface area (Å²) in [7, 11) is 1.64. The number of carbonyl (C=O) groups excluding carboxylic acids is 1. The molecule has 1 aromatic carbocycles. The largest absolute Gasteiger partial charge is 0.382 e. The maximum Gasteiger partial charge on any atom is 0.137 e. The Morgan fingerprint density at radius 3 is 2.76 bits per heavy atom. The molecule has 2 nitrogen and oxygen atoms in total. The third-order valence-corrected chi connectivity index (χ3v) is 3.23. The van der Waals surface area contributed by atoms with Crippen LogP contribution in [0.25, 0.3) is 0 Å². The number of Topliss-reactive ketones (excluding diaryl/α,β-unsaturated/α-hetero) is 1. The molecule has 1 unspecified atom stereocenters. The van der Waals surface area contributed by atoms with Crippen LogP contribution in [0.3, 0.4) is 0 Å². The van der Waals surface area contributed by atoms with Crippen molar-refractivity contribution in [2.24, 2.45) is 0 Å². The molecule has 1 aromatic rings. The van der Waals surface area contributed by atoms with E-state index in [1.54, 1.807) is 25.3 Å². The number of rotatable bonds is 6. The summed E-state index contributed by atoms with van der Waals surface area (Å²) >= 11 is 11.9. The highest BCUT2D eigenvalue weighted by Crippen LogP contribution is 2.21. The Labute approximate surface area is 112 Å². The minimum absolute atomic E-state index is 0.105. The second kappa shape index (κ2) is 7.00. The molecule has 0 aromatic heterocycles. The second-order valence-electron chi connectivity index (χ2n) is 4.04. The van der Waals surface area contributed by atoms with E-state index in [4.69, 9.17) is 27.9 Å². The Bertz CT molecular complexity index is 391. The van der Waals surface area contributed by atoms with Crippen LogP contribution in [0.15, 0.2) is 18.2 Å².